The molecular formula is C13H20N2O3S. The predicted octanol–water partition coefficient (Wildman–Crippen LogP) is 2.48. The summed E-state index contributed by atoms with van der Waals surface area (Å²) in [5, 5.41) is 14.2. The molecule has 5 nitrogen and oxygen atoms in total. The quantitative estimate of drug-likeness (QED) is 0.588. The molecule has 0 saturated heterocycles. The minimum atomic E-state index is -1.35. The van der Waals surface area contributed by atoms with E-state index in [0.29, 0.717) is 10.6 Å². The Kier molecular flexibility index (Phi) is 6.66. The Bertz CT molecular complexity index is 451. The van der Waals surface area contributed by atoms with Crippen LogP contribution in [-0.2, 0) is 10.8 Å². The fraction of sp³-hybridized carbons (Fsp3) is 0.538. The zero-order valence-electron chi connectivity index (χ0n) is 11.3. The van der Waals surface area contributed by atoms with Crippen LogP contribution in [0.1, 0.15) is 26.7 Å². The van der Waals surface area contributed by atoms with E-state index in [9.17, 15) is 14.3 Å². The summed E-state index contributed by atoms with van der Waals surface area (Å²) in [5.41, 5.74) is -0.0637. The normalized spacial score (nSPS) is 14.0. The van der Waals surface area contributed by atoms with Crippen molar-refractivity contribution in [1.29, 1.82) is 0 Å². The van der Waals surface area contributed by atoms with Gasteiger partial charge in [0.05, 0.1) is 15.7 Å². The summed E-state index contributed by atoms with van der Waals surface area (Å²) in [6.45, 7) is 4.95. The topological polar surface area (TPSA) is 72.2 Å². The Labute approximate surface area is 116 Å². The van der Waals surface area contributed by atoms with Crippen molar-refractivity contribution in [3.05, 3.63) is 34.4 Å². The minimum absolute atomic E-state index is 0.0637. The van der Waals surface area contributed by atoms with E-state index in [0.717, 1.165) is 19.4 Å². The zero-order chi connectivity index (χ0) is 14.3. The number of nitrogens with zero attached hydrogens (tertiary/aromatic N) is 1. The van der Waals surface area contributed by atoms with Crippen LogP contribution >= 0.6 is 0 Å². The Morgan fingerprint density at radius 2 is 2.05 bits per heavy atom. The summed E-state index contributed by atoms with van der Waals surface area (Å²) >= 11 is 0. The highest BCUT2D eigenvalue weighted by Gasteiger charge is 2.20. The Morgan fingerprint density at radius 3 is 2.63 bits per heavy atom. The first-order valence-corrected chi connectivity index (χ1v) is 7.77. The smallest absolute Gasteiger partial charge is 0.285 e. The van der Waals surface area contributed by atoms with E-state index in [1.54, 1.807) is 18.2 Å². The van der Waals surface area contributed by atoms with Crippen molar-refractivity contribution in [3.8, 4) is 0 Å². The summed E-state index contributed by atoms with van der Waals surface area (Å²) in [6.07, 6.45) is 1.86. The number of nitrogens with one attached hydrogen (secondary N) is 1. The van der Waals surface area contributed by atoms with Crippen molar-refractivity contribution in [2.75, 3.05) is 12.3 Å². The summed E-state index contributed by atoms with van der Waals surface area (Å²) in [5.74, 6) is 0.404. The van der Waals surface area contributed by atoms with E-state index in [4.69, 9.17) is 0 Å². The Balaban J connectivity index is 2.80. The molecule has 0 radical (unpaired) electrons. The molecule has 1 aromatic rings. The maximum absolute atomic E-state index is 12.3. The third-order valence-electron chi connectivity index (χ3n) is 2.84. The summed E-state index contributed by atoms with van der Waals surface area (Å²) in [7, 11) is -1.35. The van der Waals surface area contributed by atoms with Gasteiger partial charge in [-0.3, -0.25) is 14.3 Å². The number of benzene rings is 1. The Morgan fingerprint density at radius 1 is 1.37 bits per heavy atom. The van der Waals surface area contributed by atoms with Gasteiger partial charge in [0, 0.05) is 17.9 Å². The molecule has 0 heterocycles. The van der Waals surface area contributed by atoms with Crippen LogP contribution in [0.3, 0.4) is 0 Å². The molecule has 106 valence electrons. The van der Waals surface area contributed by atoms with Crippen LogP contribution in [0.25, 0.3) is 0 Å². The summed E-state index contributed by atoms with van der Waals surface area (Å²) in [4.78, 5) is 10.7. The van der Waals surface area contributed by atoms with Crippen molar-refractivity contribution in [2.45, 2.75) is 37.6 Å². The fourth-order valence-electron chi connectivity index (χ4n) is 1.74. The molecule has 2 unspecified atom stereocenters. The highest BCUT2D eigenvalue weighted by Crippen LogP contribution is 2.22. The molecule has 0 fully saturated rings. The van der Waals surface area contributed by atoms with Crippen molar-refractivity contribution < 1.29 is 9.13 Å². The van der Waals surface area contributed by atoms with Gasteiger partial charge in [-0.15, -0.1) is 0 Å². The highest BCUT2D eigenvalue weighted by molar-refractivity contribution is 7.85. The van der Waals surface area contributed by atoms with E-state index in [-0.39, 0.29) is 11.7 Å². The summed E-state index contributed by atoms with van der Waals surface area (Å²) < 4.78 is 12.3. The largest absolute Gasteiger partial charge is 0.313 e. The minimum Gasteiger partial charge on any atom is -0.313 e. The highest BCUT2D eigenvalue weighted by atomic mass is 32.2. The first kappa shape index (κ1) is 15.8. The predicted molar refractivity (Wildman–Crippen MR) is 76.7 cm³/mol. The van der Waals surface area contributed by atoms with Crippen molar-refractivity contribution >= 4 is 16.5 Å². The molecule has 1 N–H and O–H groups in total. The van der Waals surface area contributed by atoms with Crippen molar-refractivity contribution in [1.82, 2.24) is 5.32 Å². The van der Waals surface area contributed by atoms with E-state index in [1.165, 1.54) is 6.07 Å². The lowest BCUT2D eigenvalue weighted by Gasteiger charge is -2.15. The lowest BCUT2D eigenvalue weighted by atomic mass is 10.2. The monoisotopic (exact) mass is 284 g/mol. The van der Waals surface area contributed by atoms with Crippen LogP contribution < -0.4 is 5.32 Å². The van der Waals surface area contributed by atoms with Gasteiger partial charge in [-0.05, 0) is 25.5 Å². The number of para-hydroxylation sites is 1. The second kappa shape index (κ2) is 8.01. The van der Waals surface area contributed by atoms with Gasteiger partial charge in [0.2, 0.25) is 0 Å². The second-order valence-corrected chi connectivity index (χ2v) is 5.76. The number of hydrogen-bond donors (Lipinski definition) is 1. The molecule has 1 rings (SSSR count). The third kappa shape index (κ3) is 4.72. The maximum atomic E-state index is 12.3. The van der Waals surface area contributed by atoms with Crippen LogP contribution in [0.2, 0.25) is 0 Å². The number of nitro groups is 1. The Hall–Kier alpha value is -1.27. The average Bonchev–Trinajstić information content (AvgIpc) is 2.43. The van der Waals surface area contributed by atoms with E-state index in [1.807, 2.05) is 6.92 Å². The maximum Gasteiger partial charge on any atom is 0.285 e. The van der Waals surface area contributed by atoms with Crippen LogP contribution in [0.5, 0.6) is 0 Å². The van der Waals surface area contributed by atoms with Crippen molar-refractivity contribution in [3.63, 3.8) is 0 Å². The zero-order valence-corrected chi connectivity index (χ0v) is 12.1. The fourth-order valence-corrected chi connectivity index (χ4v) is 3.25. The SMILES string of the molecule is CCCNC(CC)CS(=O)c1ccccc1[N+](=O)[O-]. The molecule has 0 aromatic heterocycles. The van der Waals surface area contributed by atoms with E-state index >= 15 is 0 Å². The molecular weight excluding hydrogens is 264 g/mol. The van der Waals surface area contributed by atoms with Gasteiger partial charge in [0.1, 0.15) is 4.90 Å². The first-order valence-electron chi connectivity index (χ1n) is 6.45. The van der Waals surface area contributed by atoms with Crippen LogP contribution in [0, 0.1) is 10.1 Å². The van der Waals surface area contributed by atoms with Crippen molar-refractivity contribution in [2.24, 2.45) is 0 Å². The molecule has 1 aromatic carbocycles. The number of rotatable bonds is 8. The van der Waals surface area contributed by atoms with Gasteiger partial charge in [-0.2, -0.15) is 0 Å². The molecule has 0 bridgehead atoms. The van der Waals surface area contributed by atoms with E-state index < -0.39 is 15.7 Å². The molecule has 0 aliphatic carbocycles. The molecule has 0 aliphatic rings. The molecule has 0 saturated carbocycles. The van der Waals surface area contributed by atoms with Gasteiger partial charge in [-0.1, -0.05) is 26.0 Å². The molecule has 19 heavy (non-hydrogen) atoms. The molecule has 6 heteroatoms. The van der Waals surface area contributed by atoms with Gasteiger partial charge in [0.25, 0.3) is 5.69 Å². The average molecular weight is 284 g/mol. The third-order valence-corrected chi connectivity index (χ3v) is 4.38. The molecule has 0 amide bonds. The second-order valence-electron chi connectivity index (χ2n) is 4.30. The lowest BCUT2D eigenvalue weighted by Crippen LogP contribution is -2.34. The summed E-state index contributed by atoms with van der Waals surface area (Å²) in [6, 6.07) is 6.36. The number of hydrogen-bond acceptors (Lipinski definition) is 4. The van der Waals surface area contributed by atoms with Gasteiger partial charge in [0.15, 0.2) is 0 Å². The number of nitro benzene ring substituents is 1. The van der Waals surface area contributed by atoms with Gasteiger partial charge in [-0.25, -0.2) is 0 Å². The van der Waals surface area contributed by atoms with Gasteiger partial charge >= 0.3 is 0 Å². The standard InChI is InChI=1S/C13H20N2O3S/c1-3-9-14-11(4-2)10-19(18)13-8-6-5-7-12(13)15(16)17/h5-8,11,14H,3-4,9-10H2,1-2H3. The van der Waals surface area contributed by atoms with E-state index in [2.05, 4.69) is 12.2 Å². The molecule has 0 spiro atoms. The molecule has 2 atom stereocenters. The first-order chi connectivity index (χ1) is 9.10. The van der Waals surface area contributed by atoms with Crippen LogP contribution in [0.4, 0.5) is 5.69 Å². The van der Waals surface area contributed by atoms with Crippen LogP contribution in [-0.4, -0.2) is 27.5 Å². The van der Waals surface area contributed by atoms with Gasteiger partial charge < -0.3 is 5.32 Å². The molecule has 0 aliphatic heterocycles. The lowest BCUT2D eigenvalue weighted by molar-refractivity contribution is -0.387. The van der Waals surface area contributed by atoms with Crippen LogP contribution in [0.15, 0.2) is 29.2 Å².